The minimum Gasteiger partial charge on any atom is -0.376 e. The zero-order valence-corrected chi connectivity index (χ0v) is 9.74. The summed E-state index contributed by atoms with van der Waals surface area (Å²) in [5, 5.41) is 0. The van der Waals surface area contributed by atoms with Gasteiger partial charge in [-0.25, -0.2) is 0 Å². The Morgan fingerprint density at radius 2 is 1.94 bits per heavy atom. The second-order valence-electron chi connectivity index (χ2n) is 4.37. The average molecular weight is 218 g/mol. The van der Waals surface area contributed by atoms with Gasteiger partial charge in [0.05, 0.1) is 6.10 Å². The maximum atomic E-state index is 11.7. The fourth-order valence-corrected chi connectivity index (χ4v) is 2.34. The number of carbonyl (C=O) groups is 1. The molecular weight excluding hydrogens is 200 g/mol. The van der Waals surface area contributed by atoms with Gasteiger partial charge in [0.2, 0.25) is 0 Å². The largest absolute Gasteiger partial charge is 0.376 e. The van der Waals surface area contributed by atoms with Gasteiger partial charge in [-0.2, -0.15) is 0 Å². The molecule has 0 heterocycles. The fourth-order valence-electron chi connectivity index (χ4n) is 2.34. The van der Waals surface area contributed by atoms with Crippen molar-refractivity contribution in [2.75, 3.05) is 7.11 Å². The molecule has 0 fully saturated rings. The average Bonchev–Trinajstić information content (AvgIpc) is 2.39. The van der Waals surface area contributed by atoms with Gasteiger partial charge in [-0.1, -0.05) is 24.3 Å². The quantitative estimate of drug-likeness (QED) is 0.724. The summed E-state index contributed by atoms with van der Waals surface area (Å²) in [5.74, 6) is 0.323. The highest BCUT2D eigenvalue weighted by Gasteiger charge is 2.19. The molecule has 16 heavy (non-hydrogen) atoms. The van der Waals surface area contributed by atoms with Crippen LogP contribution in [-0.2, 0) is 16.0 Å². The summed E-state index contributed by atoms with van der Waals surface area (Å²) in [6.07, 6.45) is 4.33. The van der Waals surface area contributed by atoms with Gasteiger partial charge in [-0.05, 0) is 30.4 Å². The third-order valence-corrected chi connectivity index (χ3v) is 3.25. The molecule has 0 radical (unpaired) electrons. The van der Waals surface area contributed by atoms with Gasteiger partial charge in [0.25, 0.3) is 0 Å². The van der Waals surface area contributed by atoms with Crippen LogP contribution in [0.2, 0.25) is 0 Å². The lowest BCUT2D eigenvalue weighted by atomic mass is 9.97. The van der Waals surface area contributed by atoms with Gasteiger partial charge in [-0.15, -0.1) is 0 Å². The van der Waals surface area contributed by atoms with Crippen LogP contribution in [0.4, 0.5) is 0 Å². The van der Waals surface area contributed by atoms with Gasteiger partial charge in [-0.3, -0.25) is 4.79 Å². The van der Waals surface area contributed by atoms with Crippen molar-refractivity contribution in [1.82, 2.24) is 0 Å². The smallest absolute Gasteiger partial charge is 0.135 e. The van der Waals surface area contributed by atoms with Crippen molar-refractivity contribution < 1.29 is 9.53 Å². The molecular formula is C14H18O2. The third kappa shape index (κ3) is 2.50. The molecule has 1 aliphatic rings. The lowest BCUT2D eigenvalue weighted by Gasteiger charge is -2.17. The van der Waals surface area contributed by atoms with E-state index in [1.165, 1.54) is 11.1 Å². The number of carbonyl (C=O) groups excluding carboxylic acids is 1. The Kier molecular flexibility index (Phi) is 3.73. The maximum Gasteiger partial charge on any atom is 0.135 e. The first-order chi connectivity index (χ1) is 7.81. The molecule has 0 aliphatic heterocycles. The molecule has 1 aromatic carbocycles. The second kappa shape index (κ2) is 5.26. The van der Waals surface area contributed by atoms with E-state index >= 15 is 0 Å². The highest BCUT2D eigenvalue weighted by Crippen LogP contribution is 2.28. The van der Waals surface area contributed by atoms with E-state index < -0.39 is 0 Å². The number of methoxy groups -OCH3 is 1. The van der Waals surface area contributed by atoms with Crippen LogP contribution in [0, 0.1) is 0 Å². The molecule has 1 aliphatic carbocycles. The number of ketones is 1. The topological polar surface area (TPSA) is 26.3 Å². The zero-order valence-electron chi connectivity index (χ0n) is 9.74. The van der Waals surface area contributed by atoms with Gasteiger partial charge >= 0.3 is 0 Å². The first-order valence-corrected chi connectivity index (χ1v) is 5.93. The first kappa shape index (κ1) is 11.3. The predicted molar refractivity (Wildman–Crippen MR) is 63.4 cm³/mol. The van der Waals surface area contributed by atoms with Crippen LogP contribution in [0.1, 0.15) is 42.9 Å². The Bertz CT molecular complexity index is 371. The lowest BCUT2D eigenvalue weighted by Crippen LogP contribution is -2.09. The summed E-state index contributed by atoms with van der Waals surface area (Å²) in [7, 11) is 1.69. The number of fused-ring (bicyclic) bond motifs is 1. The number of Topliss-reactive ketones (excluding diaryl/α,β-unsaturated/α-hetero) is 1. The van der Waals surface area contributed by atoms with Crippen molar-refractivity contribution in [1.29, 1.82) is 0 Å². The highest BCUT2D eigenvalue weighted by atomic mass is 16.5. The lowest BCUT2D eigenvalue weighted by molar-refractivity contribution is -0.121. The third-order valence-electron chi connectivity index (χ3n) is 3.25. The Hall–Kier alpha value is -1.15. The number of aryl methyl sites for hydroxylation is 1. The monoisotopic (exact) mass is 218 g/mol. The summed E-state index contributed by atoms with van der Waals surface area (Å²) in [5.41, 5.74) is 2.53. The van der Waals surface area contributed by atoms with Crippen molar-refractivity contribution in [3.63, 3.8) is 0 Å². The summed E-state index contributed by atoms with van der Waals surface area (Å²) < 4.78 is 5.46. The van der Waals surface area contributed by atoms with Gasteiger partial charge in [0.1, 0.15) is 5.78 Å². The molecule has 2 nitrogen and oxygen atoms in total. The minimum absolute atomic E-state index is 0.0539. The molecule has 1 aromatic rings. The zero-order chi connectivity index (χ0) is 11.4. The molecule has 2 rings (SSSR count). The highest BCUT2D eigenvalue weighted by molar-refractivity contribution is 5.79. The molecule has 0 spiro atoms. The van der Waals surface area contributed by atoms with Crippen LogP contribution in [-0.4, -0.2) is 12.9 Å². The van der Waals surface area contributed by atoms with Gasteiger partial charge in [0, 0.05) is 20.0 Å². The van der Waals surface area contributed by atoms with E-state index in [2.05, 4.69) is 18.2 Å². The van der Waals surface area contributed by atoms with E-state index in [1.54, 1.807) is 7.11 Å². The first-order valence-electron chi connectivity index (χ1n) is 5.93. The number of hydrogen-bond acceptors (Lipinski definition) is 2. The number of rotatable bonds is 1. The normalized spacial score (nSPS) is 21.8. The Labute approximate surface area is 96.6 Å². The standard InChI is InChI=1S/C14H18O2/c1-16-14-10-12(15)8-4-2-6-11-7-3-5-9-13(11)14/h3,5,7,9,14H,2,4,6,8,10H2,1H3. The van der Waals surface area contributed by atoms with E-state index in [0.29, 0.717) is 18.6 Å². The van der Waals surface area contributed by atoms with Crippen LogP contribution in [0.25, 0.3) is 0 Å². The summed E-state index contributed by atoms with van der Waals surface area (Å²) >= 11 is 0. The van der Waals surface area contributed by atoms with E-state index in [9.17, 15) is 4.79 Å². The number of ether oxygens (including phenoxy) is 1. The van der Waals surface area contributed by atoms with Crippen molar-refractivity contribution in [2.45, 2.75) is 38.2 Å². The van der Waals surface area contributed by atoms with E-state index in [1.807, 2.05) is 6.07 Å². The summed E-state index contributed by atoms with van der Waals surface area (Å²) in [4.78, 5) is 11.7. The van der Waals surface area contributed by atoms with Crippen LogP contribution in [0.3, 0.4) is 0 Å². The van der Waals surface area contributed by atoms with Crippen LogP contribution < -0.4 is 0 Å². The van der Waals surface area contributed by atoms with Crippen LogP contribution in [0.15, 0.2) is 24.3 Å². The van der Waals surface area contributed by atoms with Gasteiger partial charge < -0.3 is 4.74 Å². The van der Waals surface area contributed by atoms with Crippen molar-refractivity contribution >= 4 is 5.78 Å². The van der Waals surface area contributed by atoms with E-state index in [0.717, 1.165) is 19.3 Å². The van der Waals surface area contributed by atoms with Crippen LogP contribution >= 0.6 is 0 Å². The SMILES string of the molecule is COC1CC(=O)CCCCc2ccccc21. The number of hydrogen-bond donors (Lipinski definition) is 0. The molecule has 2 heteroatoms. The fraction of sp³-hybridized carbons (Fsp3) is 0.500. The maximum absolute atomic E-state index is 11.7. The molecule has 0 saturated heterocycles. The Morgan fingerprint density at radius 3 is 2.75 bits per heavy atom. The van der Waals surface area contributed by atoms with Crippen molar-refractivity contribution in [2.24, 2.45) is 0 Å². The molecule has 0 amide bonds. The van der Waals surface area contributed by atoms with Crippen molar-refractivity contribution in [3.8, 4) is 0 Å². The summed E-state index contributed by atoms with van der Waals surface area (Å²) in [6, 6.07) is 8.32. The molecule has 0 aromatic heterocycles. The van der Waals surface area contributed by atoms with E-state index in [-0.39, 0.29) is 6.10 Å². The molecule has 86 valence electrons. The predicted octanol–water partition coefficient (Wildman–Crippen LogP) is 3.06. The molecule has 0 bridgehead atoms. The summed E-state index contributed by atoms with van der Waals surface area (Å²) in [6.45, 7) is 0. The molecule has 1 unspecified atom stereocenters. The Balaban J connectivity index is 2.32. The second-order valence-corrected chi connectivity index (χ2v) is 4.37. The number of benzene rings is 1. The minimum atomic E-state index is -0.0539. The Morgan fingerprint density at radius 1 is 1.19 bits per heavy atom. The van der Waals surface area contributed by atoms with Gasteiger partial charge in [0.15, 0.2) is 0 Å². The molecule has 0 N–H and O–H groups in total. The van der Waals surface area contributed by atoms with Crippen LogP contribution in [0.5, 0.6) is 0 Å². The van der Waals surface area contributed by atoms with Crippen molar-refractivity contribution in [3.05, 3.63) is 35.4 Å². The van der Waals surface area contributed by atoms with E-state index in [4.69, 9.17) is 4.74 Å². The molecule has 1 atom stereocenters. The molecule has 0 saturated carbocycles.